The van der Waals surface area contributed by atoms with E-state index in [4.69, 9.17) is 14.7 Å². The van der Waals surface area contributed by atoms with Crippen LogP contribution in [0.4, 0.5) is 0 Å². The van der Waals surface area contributed by atoms with Gasteiger partial charge in [-0.15, -0.1) is 6.07 Å². The Labute approximate surface area is 242 Å². The first-order valence-corrected chi connectivity index (χ1v) is 12.8. The number of hydrogen-bond donors (Lipinski definition) is 0. The van der Waals surface area contributed by atoms with Gasteiger partial charge in [-0.05, 0) is 64.3 Å². The summed E-state index contributed by atoms with van der Waals surface area (Å²) >= 11 is 0. The molecule has 0 unspecified atom stereocenters. The van der Waals surface area contributed by atoms with Gasteiger partial charge in [0, 0.05) is 29.5 Å². The Kier molecular flexibility index (Phi) is 7.58. The van der Waals surface area contributed by atoms with Gasteiger partial charge in [0.05, 0.1) is 5.75 Å². The van der Waals surface area contributed by atoms with Crippen molar-refractivity contribution in [2.45, 2.75) is 39.5 Å². The zero-order chi connectivity index (χ0) is 26.2. The summed E-state index contributed by atoms with van der Waals surface area (Å²) in [5, 5.41) is 1.05. The Hall–Kier alpha value is -3.89. The largest absolute Gasteiger partial charge is 2.00 e. The summed E-state index contributed by atoms with van der Waals surface area (Å²) in [4.78, 5) is 18.3. The minimum Gasteiger partial charge on any atom is -0.458 e. The predicted octanol–water partition coefficient (Wildman–Crippen LogP) is 7.67. The fraction of sp³-hybridized carbons (Fsp3) is 0.188. The maximum atomic E-state index is 6.02. The number of nitrogens with zero attached hydrogens (tertiary/aromatic N) is 5. The first-order chi connectivity index (χ1) is 18.5. The third-order valence-corrected chi connectivity index (χ3v) is 6.67. The van der Waals surface area contributed by atoms with E-state index in [1.54, 1.807) is 18.6 Å². The molecule has 0 aliphatic heterocycles. The molecular formula is C32H27N5OPt. The summed E-state index contributed by atoms with van der Waals surface area (Å²) in [6.45, 7) is 8.65. The van der Waals surface area contributed by atoms with Crippen molar-refractivity contribution in [3.63, 3.8) is 0 Å². The second-order valence-electron chi connectivity index (χ2n) is 9.94. The molecule has 6 rings (SSSR count). The van der Waals surface area contributed by atoms with Crippen LogP contribution >= 0.6 is 0 Å². The van der Waals surface area contributed by atoms with Gasteiger partial charge >= 0.3 is 21.1 Å². The SMILES string of the molecule is CC(C)c1ccnc(Oc2[c-]c(-c3[c-]c4c(nc3)c3ccccc3n4-c3cc(C(C)C)ccn3)cnc2)c1.[Pt+2]. The molecule has 0 aliphatic carbocycles. The van der Waals surface area contributed by atoms with Gasteiger partial charge < -0.3 is 19.3 Å². The number of benzene rings is 1. The Morgan fingerprint density at radius 2 is 1.49 bits per heavy atom. The maximum Gasteiger partial charge on any atom is 2.00 e. The van der Waals surface area contributed by atoms with Gasteiger partial charge in [0.25, 0.3) is 0 Å². The first-order valence-electron chi connectivity index (χ1n) is 12.8. The number of para-hydroxylation sites is 1. The van der Waals surface area contributed by atoms with Crippen LogP contribution in [0.25, 0.3) is 38.9 Å². The van der Waals surface area contributed by atoms with Crippen molar-refractivity contribution in [3.05, 3.63) is 103 Å². The molecule has 7 heteroatoms. The second kappa shape index (κ2) is 11.1. The minimum absolute atomic E-state index is 0. The van der Waals surface area contributed by atoms with E-state index in [1.807, 2.05) is 36.7 Å². The topological polar surface area (TPSA) is 65.7 Å². The molecular weight excluding hydrogens is 665 g/mol. The van der Waals surface area contributed by atoms with E-state index in [9.17, 15) is 0 Å². The van der Waals surface area contributed by atoms with Crippen molar-refractivity contribution in [2.24, 2.45) is 0 Å². The van der Waals surface area contributed by atoms with Gasteiger partial charge in [-0.1, -0.05) is 58.3 Å². The number of ether oxygens (including phenoxy) is 1. The summed E-state index contributed by atoms with van der Waals surface area (Å²) < 4.78 is 8.14. The maximum absolute atomic E-state index is 6.02. The molecule has 196 valence electrons. The summed E-state index contributed by atoms with van der Waals surface area (Å²) in [5.74, 6) is 2.61. The van der Waals surface area contributed by atoms with E-state index in [-0.39, 0.29) is 21.1 Å². The molecule has 1 aromatic carbocycles. The average molecular weight is 693 g/mol. The molecule has 0 saturated heterocycles. The van der Waals surface area contributed by atoms with Gasteiger partial charge in [0.15, 0.2) is 0 Å². The van der Waals surface area contributed by atoms with Crippen LogP contribution in [-0.4, -0.2) is 24.5 Å². The molecule has 0 atom stereocenters. The van der Waals surface area contributed by atoms with E-state index < -0.39 is 0 Å². The molecule has 0 bridgehead atoms. The summed E-state index contributed by atoms with van der Waals surface area (Å²) in [7, 11) is 0. The number of hydrogen-bond acceptors (Lipinski definition) is 5. The molecule has 6 aromatic rings. The van der Waals surface area contributed by atoms with Crippen LogP contribution < -0.4 is 4.74 Å². The average Bonchev–Trinajstić information content (AvgIpc) is 3.27. The Bertz CT molecular complexity index is 1780. The normalized spacial score (nSPS) is 11.3. The zero-order valence-electron chi connectivity index (χ0n) is 22.1. The number of fused-ring (bicyclic) bond motifs is 3. The quantitative estimate of drug-likeness (QED) is 0.168. The van der Waals surface area contributed by atoms with E-state index in [0.717, 1.165) is 44.4 Å². The molecule has 0 aliphatic rings. The molecule has 39 heavy (non-hydrogen) atoms. The van der Waals surface area contributed by atoms with Crippen LogP contribution in [0, 0.1) is 12.1 Å². The fourth-order valence-electron chi connectivity index (χ4n) is 4.57. The van der Waals surface area contributed by atoms with Crippen molar-refractivity contribution in [2.75, 3.05) is 0 Å². The monoisotopic (exact) mass is 692 g/mol. The van der Waals surface area contributed by atoms with Crippen LogP contribution in [0.2, 0.25) is 0 Å². The smallest absolute Gasteiger partial charge is 0.458 e. The molecule has 5 aromatic heterocycles. The molecule has 0 fully saturated rings. The van der Waals surface area contributed by atoms with Gasteiger partial charge in [0.2, 0.25) is 5.88 Å². The standard InChI is InChI=1S/C32H27N5O.Pt/c1-20(2)22-9-11-34-30(15-22)37-28-8-6-5-7-27(28)32-29(37)14-25(18-36-32)24-13-26(19-33-17-24)38-31-16-23(21(3)4)10-12-35-31;/h5-12,15-21H,1-4H3;/q-2;+2. The molecule has 0 amide bonds. The number of rotatable bonds is 6. The molecule has 6 nitrogen and oxygen atoms in total. The third-order valence-electron chi connectivity index (χ3n) is 6.67. The van der Waals surface area contributed by atoms with Crippen LogP contribution in [0.3, 0.4) is 0 Å². The van der Waals surface area contributed by atoms with Crippen molar-refractivity contribution in [1.29, 1.82) is 0 Å². The molecule has 0 N–H and O–H groups in total. The fourth-order valence-corrected chi connectivity index (χ4v) is 4.57. The first kappa shape index (κ1) is 26.7. The summed E-state index contributed by atoms with van der Waals surface area (Å²) in [6, 6.07) is 23.3. The number of aromatic nitrogens is 5. The van der Waals surface area contributed by atoms with Crippen LogP contribution in [0.1, 0.15) is 50.7 Å². The summed E-state index contributed by atoms with van der Waals surface area (Å²) in [6.07, 6.45) is 8.82. The molecule has 0 spiro atoms. The van der Waals surface area contributed by atoms with Gasteiger partial charge in [-0.2, -0.15) is 6.07 Å². The molecule has 0 radical (unpaired) electrons. The van der Waals surface area contributed by atoms with Gasteiger partial charge in [-0.3, -0.25) is 0 Å². The Morgan fingerprint density at radius 1 is 0.769 bits per heavy atom. The van der Waals surface area contributed by atoms with E-state index in [0.29, 0.717) is 23.5 Å². The molecule has 0 saturated carbocycles. The zero-order valence-corrected chi connectivity index (χ0v) is 24.4. The van der Waals surface area contributed by atoms with Crippen molar-refractivity contribution in [3.8, 4) is 28.6 Å². The molecule has 5 heterocycles. The van der Waals surface area contributed by atoms with E-state index in [2.05, 4.69) is 78.6 Å². The van der Waals surface area contributed by atoms with Gasteiger partial charge in [-0.25, -0.2) is 21.1 Å². The van der Waals surface area contributed by atoms with Crippen LogP contribution in [0.15, 0.2) is 79.5 Å². The predicted molar refractivity (Wildman–Crippen MR) is 150 cm³/mol. The minimum atomic E-state index is 0. The van der Waals surface area contributed by atoms with E-state index >= 15 is 0 Å². The second-order valence-corrected chi connectivity index (χ2v) is 9.94. The van der Waals surface area contributed by atoms with Crippen molar-refractivity contribution < 1.29 is 25.8 Å². The third kappa shape index (κ3) is 5.22. The Balaban J connectivity index is 0.00000308. The van der Waals surface area contributed by atoms with Crippen LogP contribution in [0.5, 0.6) is 11.6 Å². The number of pyridine rings is 4. The Morgan fingerprint density at radius 3 is 2.28 bits per heavy atom. The van der Waals surface area contributed by atoms with Gasteiger partial charge in [0.1, 0.15) is 5.82 Å². The summed E-state index contributed by atoms with van der Waals surface area (Å²) in [5.41, 5.74) is 6.64. The van der Waals surface area contributed by atoms with Crippen molar-refractivity contribution >= 4 is 21.9 Å². The van der Waals surface area contributed by atoms with E-state index in [1.165, 1.54) is 5.56 Å². The van der Waals surface area contributed by atoms with Crippen LogP contribution in [-0.2, 0) is 21.1 Å². The van der Waals surface area contributed by atoms with Crippen molar-refractivity contribution in [1.82, 2.24) is 24.5 Å².